The largest absolute Gasteiger partial charge is 0.497 e. The molecule has 1 aromatic rings. The topological polar surface area (TPSA) is 41.9 Å². The Morgan fingerprint density at radius 1 is 1.22 bits per heavy atom. The van der Waals surface area contributed by atoms with E-state index in [1.54, 1.807) is 14.2 Å². The Morgan fingerprint density at radius 3 is 2.56 bits per heavy atom. The molecule has 0 bridgehead atoms. The summed E-state index contributed by atoms with van der Waals surface area (Å²) >= 11 is 0. The van der Waals surface area contributed by atoms with Crippen LogP contribution in [0.5, 0.6) is 11.5 Å². The van der Waals surface area contributed by atoms with Crippen LogP contribution in [-0.2, 0) is 0 Å². The van der Waals surface area contributed by atoms with Gasteiger partial charge < -0.3 is 19.5 Å². The standard InChI is InChI=1S/C14H21NO3/c1-17-11-5-6-12(14(9-11)18-2)13(16)10-15-7-3-4-8-15/h5-6,9,13,16H,3-4,7-8,10H2,1-2H3. The molecule has 1 aliphatic rings. The third-order valence-corrected chi connectivity index (χ3v) is 3.43. The monoisotopic (exact) mass is 251 g/mol. The summed E-state index contributed by atoms with van der Waals surface area (Å²) in [6, 6.07) is 5.53. The summed E-state index contributed by atoms with van der Waals surface area (Å²) in [6.07, 6.45) is 1.95. The Morgan fingerprint density at radius 2 is 1.94 bits per heavy atom. The quantitative estimate of drug-likeness (QED) is 0.867. The van der Waals surface area contributed by atoms with Gasteiger partial charge in [-0.3, -0.25) is 0 Å². The minimum Gasteiger partial charge on any atom is -0.497 e. The van der Waals surface area contributed by atoms with Gasteiger partial charge in [-0.2, -0.15) is 0 Å². The average molecular weight is 251 g/mol. The Bertz CT molecular complexity index is 389. The maximum absolute atomic E-state index is 10.3. The number of hydrogen-bond acceptors (Lipinski definition) is 4. The van der Waals surface area contributed by atoms with Gasteiger partial charge in [0, 0.05) is 18.2 Å². The zero-order valence-electron chi connectivity index (χ0n) is 11.1. The lowest BCUT2D eigenvalue weighted by Crippen LogP contribution is -2.25. The van der Waals surface area contributed by atoms with Crippen LogP contribution in [0.1, 0.15) is 24.5 Å². The highest BCUT2D eigenvalue weighted by Crippen LogP contribution is 2.30. The van der Waals surface area contributed by atoms with E-state index in [0.29, 0.717) is 12.3 Å². The van der Waals surface area contributed by atoms with Crippen LogP contribution in [0.4, 0.5) is 0 Å². The highest BCUT2D eigenvalue weighted by atomic mass is 16.5. The van der Waals surface area contributed by atoms with Gasteiger partial charge in [0.05, 0.1) is 20.3 Å². The van der Waals surface area contributed by atoms with Crippen molar-refractivity contribution in [2.24, 2.45) is 0 Å². The van der Waals surface area contributed by atoms with E-state index in [1.165, 1.54) is 12.8 Å². The van der Waals surface area contributed by atoms with E-state index < -0.39 is 6.10 Å². The summed E-state index contributed by atoms with van der Waals surface area (Å²) < 4.78 is 10.5. The molecule has 18 heavy (non-hydrogen) atoms. The van der Waals surface area contributed by atoms with Crippen molar-refractivity contribution in [3.8, 4) is 11.5 Å². The Labute approximate surface area is 108 Å². The number of ether oxygens (including phenoxy) is 2. The first-order valence-electron chi connectivity index (χ1n) is 6.37. The molecule has 0 saturated carbocycles. The number of likely N-dealkylation sites (tertiary alicyclic amines) is 1. The molecule has 1 aliphatic heterocycles. The van der Waals surface area contributed by atoms with Gasteiger partial charge in [0.2, 0.25) is 0 Å². The molecule has 100 valence electrons. The van der Waals surface area contributed by atoms with Gasteiger partial charge in [-0.25, -0.2) is 0 Å². The second-order valence-corrected chi connectivity index (χ2v) is 4.63. The lowest BCUT2D eigenvalue weighted by molar-refractivity contribution is 0.123. The molecule has 0 aliphatic carbocycles. The fourth-order valence-electron chi connectivity index (χ4n) is 2.40. The molecule has 1 fully saturated rings. The van der Waals surface area contributed by atoms with Crippen LogP contribution < -0.4 is 9.47 Å². The van der Waals surface area contributed by atoms with Crippen LogP contribution in [0.2, 0.25) is 0 Å². The van der Waals surface area contributed by atoms with Crippen molar-refractivity contribution < 1.29 is 14.6 Å². The van der Waals surface area contributed by atoms with Crippen LogP contribution in [0, 0.1) is 0 Å². The average Bonchev–Trinajstić information content (AvgIpc) is 2.90. The van der Waals surface area contributed by atoms with Gasteiger partial charge in [0.25, 0.3) is 0 Å². The van der Waals surface area contributed by atoms with Gasteiger partial charge in [0.1, 0.15) is 11.5 Å². The number of β-amino-alcohol motifs (C(OH)–C–C–N with tert-alkyl or cyclic N) is 1. The van der Waals surface area contributed by atoms with Gasteiger partial charge in [-0.05, 0) is 38.1 Å². The third-order valence-electron chi connectivity index (χ3n) is 3.43. The third kappa shape index (κ3) is 2.94. The van der Waals surface area contributed by atoms with Crippen molar-refractivity contribution in [1.82, 2.24) is 4.90 Å². The van der Waals surface area contributed by atoms with Crippen LogP contribution in [0.3, 0.4) is 0 Å². The smallest absolute Gasteiger partial charge is 0.128 e. The van der Waals surface area contributed by atoms with E-state index in [2.05, 4.69) is 4.90 Å². The van der Waals surface area contributed by atoms with Crippen molar-refractivity contribution in [1.29, 1.82) is 0 Å². The van der Waals surface area contributed by atoms with Gasteiger partial charge in [-0.15, -0.1) is 0 Å². The minimum absolute atomic E-state index is 0.510. The van der Waals surface area contributed by atoms with E-state index in [1.807, 2.05) is 18.2 Å². The molecule has 1 heterocycles. The Hall–Kier alpha value is -1.26. The van der Waals surface area contributed by atoms with Crippen molar-refractivity contribution in [2.45, 2.75) is 18.9 Å². The highest BCUT2D eigenvalue weighted by Gasteiger charge is 2.19. The molecule has 1 atom stereocenters. The number of rotatable bonds is 5. The summed E-state index contributed by atoms with van der Waals surface area (Å²) in [5.41, 5.74) is 0.824. The number of aliphatic hydroxyl groups is 1. The number of methoxy groups -OCH3 is 2. The Balaban J connectivity index is 2.10. The van der Waals surface area contributed by atoms with E-state index in [-0.39, 0.29) is 0 Å². The zero-order valence-corrected chi connectivity index (χ0v) is 11.1. The predicted octanol–water partition coefficient (Wildman–Crippen LogP) is 1.83. The number of hydrogen-bond donors (Lipinski definition) is 1. The Kier molecular flexibility index (Phi) is 4.44. The lowest BCUT2D eigenvalue weighted by atomic mass is 10.1. The molecule has 4 nitrogen and oxygen atoms in total. The fraction of sp³-hybridized carbons (Fsp3) is 0.571. The normalized spacial score (nSPS) is 17.7. The zero-order chi connectivity index (χ0) is 13.0. The van der Waals surface area contributed by atoms with E-state index in [0.717, 1.165) is 24.4 Å². The summed E-state index contributed by atoms with van der Waals surface area (Å²) in [4.78, 5) is 2.29. The van der Waals surface area contributed by atoms with Crippen molar-refractivity contribution in [3.63, 3.8) is 0 Å². The molecule has 1 N–H and O–H groups in total. The molecule has 0 aromatic heterocycles. The van der Waals surface area contributed by atoms with E-state index >= 15 is 0 Å². The predicted molar refractivity (Wildman–Crippen MR) is 70.2 cm³/mol. The first kappa shape index (κ1) is 13.2. The highest BCUT2D eigenvalue weighted by molar-refractivity contribution is 5.42. The van der Waals surface area contributed by atoms with Crippen LogP contribution >= 0.6 is 0 Å². The van der Waals surface area contributed by atoms with Gasteiger partial charge in [0.15, 0.2) is 0 Å². The van der Waals surface area contributed by atoms with Crippen molar-refractivity contribution in [2.75, 3.05) is 33.9 Å². The molecule has 1 aromatic carbocycles. The number of aliphatic hydroxyl groups excluding tert-OH is 1. The van der Waals surface area contributed by atoms with Crippen LogP contribution in [0.25, 0.3) is 0 Å². The van der Waals surface area contributed by atoms with E-state index in [9.17, 15) is 5.11 Å². The molecule has 4 heteroatoms. The molecular weight excluding hydrogens is 230 g/mol. The minimum atomic E-state index is -0.510. The molecular formula is C14H21NO3. The van der Waals surface area contributed by atoms with Gasteiger partial charge in [-0.1, -0.05) is 0 Å². The first-order valence-corrected chi connectivity index (χ1v) is 6.37. The van der Waals surface area contributed by atoms with Crippen molar-refractivity contribution in [3.05, 3.63) is 23.8 Å². The first-order chi connectivity index (χ1) is 8.74. The maximum Gasteiger partial charge on any atom is 0.128 e. The summed E-state index contributed by atoms with van der Waals surface area (Å²) in [6.45, 7) is 2.83. The van der Waals surface area contributed by atoms with Crippen LogP contribution in [-0.4, -0.2) is 43.9 Å². The molecule has 1 saturated heterocycles. The second-order valence-electron chi connectivity index (χ2n) is 4.63. The molecule has 0 amide bonds. The number of benzene rings is 1. The fourth-order valence-corrected chi connectivity index (χ4v) is 2.40. The molecule has 0 radical (unpaired) electrons. The SMILES string of the molecule is COc1ccc(C(O)CN2CCCC2)c(OC)c1. The van der Waals surface area contributed by atoms with Crippen LogP contribution in [0.15, 0.2) is 18.2 Å². The summed E-state index contributed by atoms with van der Waals surface area (Å²) in [7, 11) is 3.23. The summed E-state index contributed by atoms with van der Waals surface area (Å²) in [5, 5.41) is 10.3. The second kappa shape index (κ2) is 6.07. The van der Waals surface area contributed by atoms with Gasteiger partial charge >= 0.3 is 0 Å². The summed E-state index contributed by atoms with van der Waals surface area (Å²) in [5.74, 6) is 1.42. The molecule has 0 spiro atoms. The van der Waals surface area contributed by atoms with Crippen molar-refractivity contribution >= 4 is 0 Å². The van der Waals surface area contributed by atoms with E-state index in [4.69, 9.17) is 9.47 Å². The maximum atomic E-state index is 10.3. The lowest BCUT2D eigenvalue weighted by Gasteiger charge is -2.21. The number of nitrogens with zero attached hydrogens (tertiary/aromatic N) is 1. The molecule has 1 unspecified atom stereocenters. The molecule has 2 rings (SSSR count).